The van der Waals surface area contributed by atoms with Gasteiger partial charge < -0.3 is 19.8 Å². The normalized spacial score (nSPS) is 18.2. The van der Waals surface area contributed by atoms with Gasteiger partial charge in [0.25, 0.3) is 0 Å². The molecule has 0 spiro atoms. The number of aliphatic hydroxyl groups excluding tert-OH is 1. The molecule has 1 aliphatic rings. The average molecular weight is 333 g/mol. The highest BCUT2D eigenvalue weighted by Gasteiger charge is 2.25. The second kappa shape index (κ2) is 8.15. The molecule has 1 aromatic rings. The molecule has 1 fully saturated rings. The van der Waals surface area contributed by atoms with E-state index in [0.29, 0.717) is 39.0 Å². The maximum absolute atomic E-state index is 12.4. The molecule has 0 radical (unpaired) electrons. The van der Waals surface area contributed by atoms with E-state index >= 15 is 0 Å². The van der Waals surface area contributed by atoms with E-state index in [1.54, 1.807) is 9.80 Å². The zero-order chi connectivity index (χ0) is 17.7. The number of carbonyl (C=O) groups excluding carboxylic acids is 2. The van der Waals surface area contributed by atoms with Gasteiger partial charge >= 0.3 is 0 Å². The summed E-state index contributed by atoms with van der Waals surface area (Å²) in [5.41, 5.74) is 2.25. The summed E-state index contributed by atoms with van der Waals surface area (Å²) >= 11 is 0. The van der Waals surface area contributed by atoms with Crippen LogP contribution < -0.4 is 4.90 Å². The minimum absolute atomic E-state index is 0.0242. The van der Waals surface area contributed by atoms with Crippen molar-refractivity contribution in [1.82, 2.24) is 9.80 Å². The van der Waals surface area contributed by atoms with Gasteiger partial charge in [0.15, 0.2) is 0 Å². The van der Waals surface area contributed by atoms with Crippen LogP contribution in [0.3, 0.4) is 0 Å². The third kappa shape index (κ3) is 4.96. The van der Waals surface area contributed by atoms with Crippen LogP contribution in [0, 0.1) is 0 Å². The highest BCUT2D eigenvalue weighted by molar-refractivity contribution is 5.77. The van der Waals surface area contributed by atoms with Crippen molar-refractivity contribution in [1.29, 1.82) is 0 Å². The molecule has 0 aromatic heterocycles. The van der Waals surface area contributed by atoms with Crippen LogP contribution in [0.2, 0.25) is 0 Å². The van der Waals surface area contributed by atoms with Crippen LogP contribution in [0.15, 0.2) is 24.3 Å². The predicted octanol–water partition coefficient (Wildman–Crippen LogP) is 0.737. The first-order valence-corrected chi connectivity index (χ1v) is 8.34. The second-order valence-corrected chi connectivity index (χ2v) is 6.52. The highest BCUT2D eigenvalue weighted by atomic mass is 16.3. The Morgan fingerprint density at radius 2 is 1.71 bits per heavy atom. The van der Waals surface area contributed by atoms with Crippen LogP contribution in [-0.2, 0) is 16.0 Å². The highest BCUT2D eigenvalue weighted by Crippen LogP contribution is 2.14. The van der Waals surface area contributed by atoms with Gasteiger partial charge in [-0.3, -0.25) is 9.59 Å². The number of hydrogen-bond acceptors (Lipinski definition) is 4. The van der Waals surface area contributed by atoms with Gasteiger partial charge in [-0.25, -0.2) is 0 Å². The lowest BCUT2D eigenvalue weighted by Crippen LogP contribution is -2.37. The van der Waals surface area contributed by atoms with Crippen LogP contribution in [0.1, 0.15) is 18.9 Å². The fourth-order valence-electron chi connectivity index (χ4n) is 2.87. The average Bonchev–Trinajstić information content (AvgIpc) is 2.75. The number of anilines is 1. The molecule has 0 bridgehead atoms. The first kappa shape index (κ1) is 18.3. The van der Waals surface area contributed by atoms with Gasteiger partial charge in [-0.2, -0.15) is 0 Å². The molecule has 2 amide bonds. The SMILES string of the molecule is CC(=O)N1CCN(C(=O)CCc2ccc(N(C)C)cc2)CC(O)C1. The van der Waals surface area contributed by atoms with Crippen molar-refractivity contribution in [2.75, 3.05) is 45.2 Å². The van der Waals surface area contributed by atoms with Crippen molar-refractivity contribution >= 4 is 17.5 Å². The molecule has 1 aromatic carbocycles. The number of benzene rings is 1. The summed E-state index contributed by atoms with van der Waals surface area (Å²) in [6, 6.07) is 8.16. The van der Waals surface area contributed by atoms with Crippen molar-refractivity contribution in [2.45, 2.75) is 25.9 Å². The molecule has 2 rings (SSSR count). The van der Waals surface area contributed by atoms with E-state index in [4.69, 9.17) is 0 Å². The predicted molar refractivity (Wildman–Crippen MR) is 93.9 cm³/mol. The second-order valence-electron chi connectivity index (χ2n) is 6.52. The Morgan fingerprint density at radius 1 is 1.12 bits per heavy atom. The smallest absolute Gasteiger partial charge is 0.223 e. The molecule has 0 saturated carbocycles. The fraction of sp³-hybridized carbons (Fsp3) is 0.556. The third-order valence-electron chi connectivity index (χ3n) is 4.38. The Balaban J connectivity index is 1.88. The monoisotopic (exact) mass is 333 g/mol. The Hall–Kier alpha value is -2.08. The summed E-state index contributed by atoms with van der Waals surface area (Å²) in [5.74, 6) is -0.0412. The van der Waals surface area contributed by atoms with E-state index < -0.39 is 6.10 Å². The molecule has 1 heterocycles. The molecule has 6 nitrogen and oxygen atoms in total. The quantitative estimate of drug-likeness (QED) is 0.883. The molecular weight excluding hydrogens is 306 g/mol. The lowest BCUT2D eigenvalue weighted by atomic mass is 10.1. The number of aliphatic hydroxyl groups is 1. The van der Waals surface area contributed by atoms with E-state index in [2.05, 4.69) is 0 Å². The van der Waals surface area contributed by atoms with E-state index in [9.17, 15) is 14.7 Å². The summed E-state index contributed by atoms with van der Waals surface area (Å²) in [7, 11) is 3.99. The van der Waals surface area contributed by atoms with Crippen molar-refractivity contribution in [3.8, 4) is 0 Å². The first-order chi connectivity index (χ1) is 11.4. The van der Waals surface area contributed by atoms with E-state index in [0.717, 1.165) is 11.3 Å². The largest absolute Gasteiger partial charge is 0.389 e. The lowest BCUT2D eigenvalue weighted by molar-refractivity contribution is -0.132. The number of nitrogens with zero attached hydrogens (tertiary/aromatic N) is 3. The van der Waals surface area contributed by atoms with Gasteiger partial charge in [-0.15, -0.1) is 0 Å². The van der Waals surface area contributed by atoms with E-state index in [1.165, 1.54) is 6.92 Å². The molecule has 1 aliphatic heterocycles. The topological polar surface area (TPSA) is 64.1 Å². The van der Waals surface area contributed by atoms with Crippen molar-refractivity contribution < 1.29 is 14.7 Å². The Labute approximate surface area is 143 Å². The standard InChI is InChI=1S/C18H27N3O3/c1-14(22)20-10-11-21(13-17(23)12-20)18(24)9-6-15-4-7-16(8-5-15)19(2)3/h4-5,7-8,17,23H,6,9-13H2,1-3H3. The zero-order valence-electron chi connectivity index (χ0n) is 14.7. The molecule has 1 N–H and O–H groups in total. The first-order valence-electron chi connectivity index (χ1n) is 8.34. The van der Waals surface area contributed by atoms with E-state index in [1.807, 2.05) is 43.3 Å². The molecule has 0 aliphatic carbocycles. The number of hydrogen-bond donors (Lipinski definition) is 1. The molecule has 6 heteroatoms. The van der Waals surface area contributed by atoms with Gasteiger partial charge in [0.2, 0.25) is 11.8 Å². The van der Waals surface area contributed by atoms with Crippen LogP contribution in [0.25, 0.3) is 0 Å². The summed E-state index contributed by atoms with van der Waals surface area (Å²) < 4.78 is 0. The molecule has 1 saturated heterocycles. The maximum atomic E-state index is 12.4. The lowest BCUT2D eigenvalue weighted by Gasteiger charge is -2.21. The minimum Gasteiger partial charge on any atom is -0.389 e. The van der Waals surface area contributed by atoms with Crippen molar-refractivity contribution in [3.63, 3.8) is 0 Å². The molecule has 1 atom stereocenters. The van der Waals surface area contributed by atoms with Gasteiger partial charge in [0.05, 0.1) is 6.10 Å². The molecule has 132 valence electrons. The number of β-amino-alcohol motifs (C(OH)–C–C–N with tert-alkyl or cyclic N) is 1. The summed E-state index contributed by atoms with van der Waals surface area (Å²) in [6.45, 7) is 3.04. The van der Waals surface area contributed by atoms with E-state index in [-0.39, 0.29) is 11.8 Å². The van der Waals surface area contributed by atoms with Crippen molar-refractivity contribution in [3.05, 3.63) is 29.8 Å². The maximum Gasteiger partial charge on any atom is 0.223 e. The summed E-state index contributed by atoms with van der Waals surface area (Å²) in [4.78, 5) is 29.2. The Kier molecular flexibility index (Phi) is 6.20. The number of rotatable bonds is 4. The molecule has 24 heavy (non-hydrogen) atoms. The van der Waals surface area contributed by atoms with Crippen LogP contribution >= 0.6 is 0 Å². The molecule has 1 unspecified atom stereocenters. The number of amides is 2. The van der Waals surface area contributed by atoms with Crippen LogP contribution in [-0.4, -0.2) is 73.1 Å². The Morgan fingerprint density at radius 3 is 2.29 bits per heavy atom. The summed E-state index contributed by atoms with van der Waals surface area (Å²) in [6.07, 6.45) is 0.406. The van der Waals surface area contributed by atoms with Crippen LogP contribution in [0.5, 0.6) is 0 Å². The fourth-order valence-corrected chi connectivity index (χ4v) is 2.87. The van der Waals surface area contributed by atoms with Gasteiger partial charge in [0, 0.05) is 59.3 Å². The number of aryl methyl sites for hydroxylation is 1. The minimum atomic E-state index is -0.681. The zero-order valence-corrected chi connectivity index (χ0v) is 14.7. The third-order valence-corrected chi connectivity index (χ3v) is 4.38. The van der Waals surface area contributed by atoms with Gasteiger partial charge in [-0.05, 0) is 24.1 Å². The Bertz CT molecular complexity index is 571. The molecular formula is C18H27N3O3. The number of carbonyl (C=O) groups is 2. The van der Waals surface area contributed by atoms with Crippen LogP contribution in [0.4, 0.5) is 5.69 Å². The van der Waals surface area contributed by atoms with Gasteiger partial charge in [-0.1, -0.05) is 12.1 Å². The summed E-state index contributed by atoms with van der Waals surface area (Å²) in [5, 5.41) is 10.0. The van der Waals surface area contributed by atoms with Gasteiger partial charge in [0.1, 0.15) is 0 Å². The van der Waals surface area contributed by atoms with Crippen molar-refractivity contribution in [2.24, 2.45) is 0 Å².